The van der Waals surface area contributed by atoms with Crippen LogP contribution in [0.3, 0.4) is 0 Å². The molecule has 6 heteroatoms. The first-order valence-electron chi connectivity index (χ1n) is 20.4. The molecule has 6 aromatic rings. The number of anilines is 6. The molecule has 6 rings (SSSR count). The molecule has 296 valence electrons. The van der Waals surface area contributed by atoms with Gasteiger partial charge >= 0.3 is 0 Å². The molecule has 0 bridgehead atoms. The van der Waals surface area contributed by atoms with E-state index in [1.807, 2.05) is 111 Å². The average molecular weight is 777 g/mol. The van der Waals surface area contributed by atoms with Gasteiger partial charge in [0, 0.05) is 39.4 Å². The molecule has 0 aliphatic heterocycles. The van der Waals surface area contributed by atoms with Crippen molar-refractivity contribution >= 4 is 52.0 Å². The number of hydrogen-bond donors (Lipinski definition) is 0. The monoisotopic (exact) mass is 776 g/mol. The number of nitrogens with zero attached hydrogens (tertiary/aromatic N) is 4. The first kappa shape index (κ1) is 41.6. The van der Waals surface area contributed by atoms with E-state index in [9.17, 15) is 5.26 Å². The summed E-state index contributed by atoms with van der Waals surface area (Å²) in [5, 5.41) is 10.1. The maximum Gasteiger partial charge on any atom is 0.198 e. The molecule has 0 heterocycles. The second kappa shape index (κ2) is 20.4. The third kappa shape index (κ3) is 10.1. The van der Waals surface area contributed by atoms with Crippen LogP contribution in [0, 0.1) is 30.7 Å². The normalized spacial score (nSPS) is 11.9. The van der Waals surface area contributed by atoms with Crippen LogP contribution in [0.25, 0.3) is 22.7 Å². The molecule has 0 saturated carbocycles. The molecule has 0 aromatic heterocycles. The number of nitriles is 1. The molecule has 6 nitrogen and oxygen atoms in total. The number of aryl methyl sites for hydroxylation is 1. The molecule has 0 spiro atoms. The lowest BCUT2D eigenvalue weighted by molar-refractivity contribution is 0.232. The van der Waals surface area contributed by atoms with E-state index >= 15 is 0 Å². The Morgan fingerprint density at radius 3 is 1.59 bits per heavy atom. The van der Waals surface area contributed by atoms with Gasteiger partial charge in [-0.15, -0.1) is 0 Å². The Labute approximate surface area is 350 Å². The number of rotatable bonds is 17. The van der Waals surface area contributed by atoms with E-state index in [0.29, 0.717) is 35.1 Å². The second-order valence-corrected chi connectivity index (χ2v) is 14.6. The molecule has 1 unspecified atom stereocenters. The molecular weight excluding hydrogens is 725 g/mol. The standard InChI is InChI=1S/C53H52N4O2/c1-7-9-22-41(8-2)38-59-52-36-48(53(58-6)32-40(52)4)49(55-5)33-43-35-50(56(44-23-14-10-15-24-44)45-25-16-11-17-26-45)42(31-39(3)37-54)34-51(43)57(46-27-18-12-19-28-46)47-29-20-13-21-30-47/h10-21,23-36,41H,7-9,22,38H2,1-4,6H3/b39-31-,49-33-. The molecule has 6 aromatic carbocycles. The zero-order valence-electron chi connectivity index (χ0n) is 34.7. The van der Waals surface area contributed by atoms with Crippen LogP contribution in [0.5, 0.6) is 11.5 Å². The van der Waals surface area contributed by atoms with Crippen molar-refractivity contribution in [2.45, 2.75) is 53.4 Å². The van der Waals surface area contributed by atoms with E-state index in [-0.39, 0.29) is 0 Å². The molecule has 0 radical (unpaired) electrons. The molecule has 1 atom stereocenters. The van der Waals surface area contributed by atoms with Crippen LogP contribution in [0.15, 0.2) is 151 Å². The molecule has 59 heavy (non-hydrogen) atoms. The topological polar surface area (TPSA) is 53.1 Å². The molecule has 0 amide bonds. The van der Waals surface area contributed by atoms with Crippen LogP contribution in [0.4, 0.5) is 34.1 Å². The summed E-state index contributed by atoms with van der Waals surface area (Å²) in [6.45, 7) is 17.6. The Morgan fingerprint density at radius 1 is 0.712 bits per heavy atom. The molecule has 0 fully saturated rings. The van der Waals surface area contributed by atoms with Crippen molar-refractivity contribution in [3.63, 3.8) is 0 Å². The molecule has 0 aliphatic carbocycles. The van der Waals surface area contributed by atoms with Crippen molar-refractivity contribution < 1.29 is 9.47 Å². The minimum absolute atomic E-state index is 0.403. The van der Waals surface area contributed by atoms with Gasteiger partial charge in [-0.3, -0.25) is 0 Å². The van der Waals surface area contributed by atoms with Crippen molar-refractivity contribution in [3.8, 4) is 17.6 Å². The van der Waals surface area contributed by atoms with Crippen molar-refractivity contribution in [3.05, 3.63) is 185 Å². The zero-order valence-corrected chi connectivity index (χ0v) is 34.7. The summed E-state index contributed by atoms with van der Waals surface area (Å²) in [6, 6.07) is 51.4. The maximum absolute atomic E-state index is 10.1. The van der Waals surface area contributed by atoms with Gasteiger partial charge in [-0.1, -0.05) is 106 Å². The smallest absolute Gasteiger partial charge is 0.198 e. The Kier molecular flexibility index (Phi) is 14.4. The van der Waals surface area contributed by atoms with Crippen LogP contribution >= 0.6 is 0 Å². The number of allylic oxidation sites excluding steroid dienone is 1. The van der Waals surface area contributed by atoms with Crippen LogP contribution in [0.2, 0.25) is 0 Å². The lowest BCUT2D eigenvalue weighted by Gasteiger charge is -2.31. The fourth-order valence-corrected chi connectivity index (χ4v) is 7.27. The molecule has 0 aliphatic rings. The second-order valence-electron chi connectivity index (χ2n) is 14.6. The lowest BCUT2D eigenvalue weighted by atomic mass is 9.98. The van der Waals surface area contributed by atoms with E-state index in [0.717, 1.165) is 75.8 Å². The van der Waals surface area contributed by atoms with Gasteiger partial charge in [-0.25, -0.2) is 4.85 Å². The van der Waals surface area contributed by atoms with Gasteiger partial charge in [0.2, 0.25) is 0 Å². The van der Waals surface area contributed by atoms with E-state index < -0.39 is 0 Å². The number of ether oxygens (including phenoxy) is 2. The van der Waals surface area contributed by atoms with Gasteiger partial charge in [-0.2, -0.15) is 5.26 Å². The van der Waals surface area contributed by atoms with Crippen molar-refractivity contribution in [1.29, 1.82) is 5.26 Å². The fraction of sp³-hybridized carbons (Fsp3) is 0.208. The average Bonchev–Trinajstić information content (AvgIpc) is 3.28. The van der Waals surface area contributed by atoms with Crippen molar-refractivity contribution in [2.75, 3.05) is 23.5 Å². The van der Waals surface area contributed by atoms with Crippen LogP contribution in [-0.2, 0) is 0 Å². The molecular formula is C53H52N4O2. The summed E-state index contributed by atoms with van der Waals surface area (Å²) < 4.78 is 12.5. The van der Waals surface area contributed by atoms with E-state index in [1.54, 1.807) is 7.11 Å². The number of methoxy groups -OCH3 is 1. The molecule has 0 N–H and O–H groups in total. The van der Waals surface area contributed by atoms with Gasteiger partial charge in [0.05, 0.1) is 37.7 Å². The highest BCUT2D eigenvalue weighted by atomic mass is 16.5. The number of para-hydroxylation sites is 4. The van der Waals surface area contributed by atoms with E-state index in [4.69, 9.17) is 16.0 Å². The predicted octanol–water partition coefficient (Wildman–Crippen LogP) is 14.9. The number of unbranched alkanes of at least 4 members (excludes halogenated alkanes) is 1. The van der Waals surface area contributed by atoms with E-state index in [2.05, 4.69) is 95.2 Å². The highest BCUT2D eigenvalue weighted by molar-refractivity contribution is 5.97. The van der Waals surface area contributed by atoms with Gasteiger partial charge in [0.1, 0.15) is 11.5 Å². The number of benzene rings is 6. The third-order valence-corrected chi connectivity index (χ3v) is 10.5. The van der Waals surface area contributed by atoms with Crippen LogP contribution < -0.4 is 19.3 Å². The van der Waals surface area contributed by atoms with Crippen LogP contribution in [-0.4, -0.2) is 13.7 Å². The van der Waals surface area contributed by atoms with E-state index in [1.165, 1.54) is 6.42 Å². The van der Waals surface area contributed by atoms with Gasteiger partial charge in [0.15, 0.2) is 5.70 Å². The largest absolute Gasteiger partial charge is 0.497 e. The van der Waals surface area contributed by atoms with Gasteiger partial charge in [-0.05, 0) is 122 Å². The lowest BCUT2D eigenvalue weighted by Crippen LogP contribution is -2.15. The minimum atomic E-state index is 0.403. The summed E-state index contributed by atoms with van der Waals surface area (Å²) in [6.07, 6.45) is 8.38. The maximum atomic E-state index is 10.1. The zero-order chi connectivity index (χ0) is 41.6. The van der Waals surface area contributed by atoms with Crippen molar-refractivity contribution in [2.24, 2.45) is 5.92 Å². The van der Waals surface area contributed by atoms with Gasteiger partial charge in [0.25, 0.3) is 0 Å². The first-order chi connectivity index (χ1) is 28.9. The Morgan fingerprint density at radius 2 is 1.19 bits per heavy atom. The summed E-state index contributed by atoms with van der Waals surface area (Å²) in [5.74, 6) is 1.79. The highest BCUT2D eigenvalue weighted by Crippen LogP contribution is 2.46. The summed E-state index contributed by atoms with van der Waals surface area (Å²) in [4.78, 5) is 8.60. The quantitative estimate of drug-likeness (QED) is 0.0524. The predicted molar refractivity (Wildman–Crippen MR) is 246 cm³/mol. The Hall–Kier alpha value is -7.02. The third-order valence-electron chi connectivity index (χ3n) is 10.5. The Bertz CT molecular complexity index is 2370. The molecule has 0 saturated heterocycles. The minimum Gasteiger partial charge on any atom is -0.497 e. The summed E-state index contributed by atoms with van der Waals surface area (Å²) in [5.41, 5.74) is 9.64. The summed E-state index contributed by atoms with van der Waals surface area (Å²) in [7, 11) is 1.64. The van der Waals surface area contributed by atoms with Gasteiger partial charge < -0.3 is 19.3 Å². The fourth-order valence-electron chi connectivity index (χ4n) is 7.27. The van der Waals surface area contributed by atoms with Crippen molar-refractivity contribution in [1.82, 2.24) is 0 Å². The number of hydrogen-bond acceptors (Lipinski definition) is 5. The van der Waals surface area contributed by atoms with Crippen LogP contribution in [0.1, 0.15) is 68.7 Å². The highest BCUT2D eigenvalue weighted by Gasteiger charge is 2.24. The first-order valence-corrected chi connectivity index (χ1v) is 20.4. The SMILES string of the molecule is [C-]#[N+]/C(=C\c1cc(N(c2ccccc2)c2ccccc2)c(/C=C(/C)C#N)cc1N(c1ccccc1)c1ccccc1)c1cc(OCC(CC)CCCC)c(C)cc1OC. The summed E-state index contributed by atoms with van der Waals surface area (Å²) >= 11 is 0. The Balaban J connectivity index is 1.67.